The summed E-state index contributed by atoms with van der Waals surface area (Å²) in [6, 6.07) is 2.28. The van der Waals surface area contributed by atoms with Gasteiger partial charge >= 0.3 is 0 Å². The Hall–Kier alpha value is -0.740. The lowest BCUT2D eigenvalue weighted by molar-refractivity contribution is 0.664. The number of nitrogens with zero attached hydrogens (tertiary/aromatic N) is 2. The van der Waals surface area contributed by atoms with Crippen molar-refractivity contribution in [1.82, 2.24) is 4.98 Å². The molecule has 18 heavy (non-hydrogen) atoms. The second-order valence-corrected chi connectivity index (χ2v) is 5.89. The van der Waals surface area contributed by atoms with E-state index >= 15 is 0 Å². The first kappa shape index (κ1) is 13.7. The molecule has 0 saturated heterocycles. The van der Waals surface area contributed by atoms with Gasteiger partial charge in [-0.25, -0.2) is 4.98 Å². The van der Waals surface area contributed by atoms with Crippen LogP contribution in [-0.2, 0) is 19.4 Å². The summed E-state index contributed by atoms with van der Waals surface area (Å²) < 4.78 is 0. The Morgan fingerprint density at radius 3 is 2.89 bits per heavy atom. The number of fused-ring (bicyclic) bond motifs is 1. The standard InChI is InChI=1S/C14H23N3S/c1-17(7-8-18-2)14-12(10-15)9-11-5-3-4-6-13(11)16-14/h9H,3-8,10,15H2,1-2H3. The van der Waals surface area contributed by atoms with Crippen LogP contribution in [0.3, 0.4) is 0 Å². The number of hydrogen-bond acceptors (Lipinski definition) is 4. The summed E-state index contributed by atoms with van der Waals surface area (Å²) in [5.41, 5.74) is 9.79. The first-order valence-corrected chi connectivity index (χ1v) is 8.07. The van der Waals surface area contributed by atoms with Crippen LogP contribution in [0.1, 0.15) is 29.7 Å². The fourth-order valence-corrected chi connectivity index (χ4v) is 2.94. The molecule has 1 heterocycles. The van der Waals surface area contributed by atoms with Gasteiger partial charge in [-0.2, -0.15) is 11.8 Å². The van der Waals surface area contributed by atoms with E-state index in [4.69, 9.17) is 10.7 Å². The molecule has 0 aliphatic heterocycles. The smallest absolute Gasteiger partial charge is 0.133 e. The molecule has 3 nitrogen and oxygen atoms in total. The molecule has 0 aromatic carbocycles. The fourth-order valence-electron chi connectivity index (χ4n) is 2.49. The minimum Gasteiger partial charge on any atom is -0.359 e. The van der Waals surface area contributed by atoms with E-state index in [2.05, 4.69) is 24.3 Å². The van der Waals surface area contributed by atoms with Crippen LogP contribution in [0, 0.1) is 0 Å². The summed E-state index contributed by atoms with van der Waals surface area (Å²) in [6.07, 6.45) is 7.00. The summed E-state index contributed by atoms with van der Waals surface area (Å²) in [4.78, 5) is 7.12. The molecule has 0 saturated carbocycles. The van der Waals surface area contributed by atoms with Gasteiger partial charge in [0.2, 0.25) is 0 Å². The van der Waals surface area contributed by atoms with Gasteiger partial charge < -0.3 is 10.6 Å². The molecule has 0 fully saturated rings. The summed E-state index contributed by atoms with van der Waals surface area (Å²) in [7, 11) is 2.12. The van der Waals surface area contributed by atoms with Crippen molar-refractivity contribution in [2.75, 3.05) is 30.5 Å². The maximum absolute atomic E-state index is 5.88. The first-order chi connectivity index (χ1) is 8.76. The monoisotopic (exact) mass is 265 g/mol. The maximum atomic E-state index is 5.88. The van der Waals surface area contributed by atoms with Gasteiger partial charge in [-0.1, -0.05) is 0 Å². The number of pyridine rings is 1. The zero-order valence-corrected chi connectivity index (χ0v) is 12.2. The lowest BCUT2D eigenvalue weighted by Gasteiger charge is -2.24. The Morgan fingerprint density at radius 2 is 2.17 bits per heavy atom. The summed E-state index contributed by atoms with van der Waals surface area (Å²) in [5.74, 6) is 2.21. The van der Waals surface area contributed by atoms with E-state index in [0.717, 1.165) is 24.5 Å². The van der Waals surface area contributed by atoms with Gasteiger partial charge in [-0.15, -0.1) is 0 Å². The third kappa shape index (κ3) is 2.98. The summed E-state index contributed by atoms with van der Waals surface area (Å²) >= 11 is 1.87. The highest BCUT2D eigenvalue weighted by atomic mass is 32.2. The molecular weight excluding hydrogens is 242 g/mol. The molecule has 2 N–H and O–H groups in total. The number of rotatable bonds is 5. The van der Waals surface area contributed by atoms with Gasteiger partial charge in [0.1, 0.15) is 5.82 Å². The van der Waals surface area contributed by atoms with Crippen LogP contribution in [0.4, 0.5) is 5.82 Å². The van der Waals surface area contributed by atoms with Crippen LogP contribution in [0.25, 0.3) is 0 Å². The number of thioether (sulfide) groups is 1. The van der Waals surface area contributed by atoms with E-state index in [1.54, 1.807) is 0 Å². The zero-order chi connectivity index (χ0) is 13.0. The number of hydrogen-bond donors (Lipinski definition) is 1. The van der Waals surface area contributed by atoms with E-state index in [0.29, 0.717) is 6.54 Å². The van der Waals surface area contributed by atoms with Gasteiger partial charge in [0.05, 0.1) is 0 Å². The lowest BCUT2D eigenvalue weighted by Crippen LogP contribution is -2.25. The van der Waals surface area contributed by atoms with Crippen molar-refractivity contribution in [3.8, 4) is 0 Å². The molecule has 100 valence electrons. The summed E-state index contributed by atoms with van der Waals surface area (Å²) in [6.45, 7) is 1.61. The van der Waals surface area contributed by atoms with E-state index in [1.807, 2.05) is 11.8 Å². The van der Waals surface area contributed by atoms with Gasteiger partial charge in [0.15, 0.2) is 0 Å². The van der Waals surface area contributed by atoms with Crippen molar-refractivity contribution in [1.29, 1.82) is 0 Å². The number of nitrogens with two attached hydrogens (primary N) is 1. The van der Waals surface area contributed by atoms with Gasteiger partial charge in [-0.3, -0.25) is 0 Å². The second-order valence-electron chi connectivity index (χ2n) is 4.90. The molecule has 0 amide bonds. The van der Waals surface area contributed by atoms with Crippen LogP contribution < -0.4 is 10.6 Å². The van der Waals surface area contributed by atoms with Crippen LogP contribution in [0.2, 0.25) is 0 Å². The third-order valence-electron chi connectivity index (χ3n) is 3.57. The van der Waals surface area contributed by atoms with Crippen LogP contribution >= 0.6 is 11.8 Å². The Balaban J connectivity index is 2.27. The predicted octanol–water partition coefficient (Wildman–Crippen LogP) is 2.22. The number of aromatic nitrogens is 1. The summed E-state index contributed by atoms with van der Waals surface area (Å²) in [5, 5.41) is 0. The fraction of sp³-hybridized carbons (Fsp3) is 0.643. The van der Waals surface area contributed by atoms with E-state index in [9.17, 15) is 0 Å². The van der Waals surface area contributed by atoms with Crippen LogP contribution in [-0.4, -0.2) is 30.6 Å². The lowest BCUT2D eigenvalue weighted by atomic mass is 9.94. The van der Waals surface area contributed by atoms with Gasteiger partial charge in [0, 0.05) is 37.1 Å². The average molecular weight is 265 g/mol. The average Bonchev–Trinajstić information content (AvgIpc) is 2.43. The number of aryl methyl sites for hydroxylation is 2. The molecule has 0 atom stereocenters. The Kier molecular flexibility index (Phi) is 4.89. The highest BCUT2D eigenvalue weighted by molar-refractivity contribution is 7.98. The normalized spacial score (nSPS) is 14.4. The molecule has 0 spiro atoms. The van der Waals surface area contributed by atoms with E-state index < -0.39 is 0 Å². The molecule has 1 aromatic heterocycles. The topological polar surface area (TPSA) is 42.2 Å². The molecule has 1 aliphatic carbocycles. The minimum atomic E-state index is 0.583. The second kappa shape index (κ2) is 6.43. The Morgan fingerprint density at radius 1 is 1.39 bits per heavy atom. The maximum Gasteiger partial charge on any atom is 0.133 e. The van der Waals surface area contributed by atoms with E-state index in [1.165, 1.54) is 36.1 Å². The van der Waals surface area contributed by atoms with Crippen LogP contribution in [0.5, 0.6) is 0 Å². The van der Waals surface area contributed by atoms with Crippen molar-refractivity contribution in [3.63, 3.8) is 0 Å². The molecule has 2 rings (SSSR count). The highest BCUT2D eigenvalue weighted by Crippen LogP contribution is 2.26. The largest absolute Gasteiger partial charge is 0.359 e. The molecule has 1 aromatic rings. The SMILES string of the molecule is CSCCN(C)c1nc2c(cc1CN)CCCC2. The predicted molar refractivity (Wildman–Crippen MR) is 80.4 cm³/mol. The van der Waals surface area contributed by atoms with E-state index in [-0.39, 0.29) is 0 Å². The Labute approximate surface area is 114 Å². The minimum absolute atomic E-state index is 0.583. The highest BCUT2D eigenvalue weighted by Gasteiger charge is 2.16. The van der Waals surface area contributed by atoms with Crippen molar-refractivity contribution >= 4 is 17.6 Å². The molecular formula is C14H23N3S. The van der Waals surface area contributed by atoms with Crippen molar-refractivity contribution in [2.24, 2.45) is 5.73 Å². The Bertz CT molecular complexity index is 406. The molecule has 1 aliphatic rings. The van der Waals surface area contributed by atoms with Crippen molar-refractivity contribution < 1.29 is 0 Å². The van der Waals surface area contributed by atoms with Gasteiger partial charge in [-0.05, 0) is 43.6 Å². The first-order valence-electron chi connectivity index (χ1n) is 6.68. The molecule has 0 unspecified atom stereocenters. The van der Waals surface area contributed by atoms with Crippen LogP contribution in [0.15, 0.2) is 6.07 Å². The zero-order valence-electron chi connectivity index (χ0n) is 11.4. The number of anilines is 1. The molecule has 0 bridgehead atoms. The van der Waals surface area contributed by atoms with Crippen molar-refractivity contribution in [2.45, 2.75) is 32.2 Å². The quantitative estimate of drug-likeness (QED) is 0.886. The van der Waals surface area contributed by atoms with Gasteiger partial charge in [0.25, 0.3) is 0 Å². The molecule has 0 radical (unpaired) electrons. The van der Waals surface area contributed by atoms with Crippen molar-refractivity contribution in [3.05, 3.63) is 22.9 Å². The third-order valence-corrected chi connectivity index (χ3v) is 4.16. The molecule has 4 heteroatoms.